The summed E-state index contributed by atoms with van der Waals surface area (Å²) in [6, 6.07) is 21.5. The third-order valence-corrected chi connectivity index (χ3v) is 4.32. The number of halogens is 2. The van der Waals surface area contributed by atoms with E-state index in [2.05, 4.69) is 9.97 Å². The molecule has 0 bridgehead atoms. The van der Waals surface area contributed by atoms with Crippen molar-refractivity contribution in [3.05, 3.63) is 90.5 Å². The Bertz CT molecular complexity index is 1060. The average Bonchev–Trinajstić information content (AvgIpc) is 2.73. The highest BCUT2D eigenvalue weighted by atomic mass is 19.1. The summed E-state index contributed by atoms with van der Waals surface area (Å²) in [5.41, 5.74) is 3.22. The third-order valence-electron chi connectivity index (χ3n) is 4.32. The van der Waals surface area contributed by atoms with Crippen LogP contribution in [0.3, 0.4) is 0 Å². The fourth-order valence-corrected chi connectivity index (χ4v) is 2.91. The Morgan fingerprint density at radius 1 is 0.643 bits per heavy atom. The van der Waals surface area contributed by atoms with E-state index in [-0.39, 0.29) is 11.6 Å². The van der Waals surface area contributed by atoms with Gasteiger partial charge in [-0.15, -0.1) is 0 Å². The van der Waals surface area contributed by atoms with Crippen molar-refractivity contribution < 1.29 is 13.5 Å². The van der Waals surface area contributed by atoms with Crippen LogP contribution in [0.15, 0.2) is 78.9 Å². The van der Waals surface area contributed by atoms with Crippen molar-refractivity contribution in [2.24, 2.45) is 0 Å². The number of methoxy groups -OCH3 is 1. The SMILES string of the molecule is COc1ccc(-c2cc(-c3cccc(F)c3)nc(-c3cccc(F)c3)n2)cc1. The number of nitrogens with zero attached hydrogens (tertiary/aromatic N) is 2. The van der Waals surface area contributed by atoms with Gasteiger partial charge in [-0.1, -0.05) is 24.3 Å². The molecule has 0 N–H and O–H groups in total. The first-order chi connectivity index (χ1) is 13.6. The molecule has 3 aromatic carbocycles. The van der Waals surface area contributed by atoms with E-state index in [9.17, 15) is 8.78 Å². The van der Waals surface area contributed by atoms with E-state index in [0.717, 1.165) is 11.3 Å². The summed E-state index contributed by atoms with van der Waals surface area (Å²) in [6.45, 7) is 0. The minimum atomic E-state index is -0.372. The summed E-state index contributed by atoms with van der Waals surface area (Å²) in [6.07, 6.45) is 0. The fraction of sp³-hybridized carbons (Fsp3) is 0.0435. The van der Waals surface area contributed by atoms with Crippen molar-refractivity contribution in [3.63, 3.8) is 0 Å². The fourth-order valence-electron chi connectivity index (χ4n) is 2.91. The van der Waals surface area contributed by atoms with Gasteiger partial charge in [-0.25, -0.2) is 18.7 Å². The lowest BCUT2D eigenvalue weighted by Crippen LogP contribution is -1.96. The summed E-state index contributed by atoms with van der Waals surface area (Å²) in [5.74, 6) is 0.373. The first-order valence-electron chi connectivity index (χ1n) is 8.68. The van der Waals surface area contributed by atoms with Gasteiger partial charge in [0, 0.05) is 16.7 Å². The van der Waals surface area contributed by atoms with Crippen molar-refractivity contribution in [2.75, 3.05) is 7.11 Å². The summed E-state index contributed by atoms with van der Waals surface area (Å²) in [5, 5.41) is 0. The first-order valence-corrected chi connectivity index (χ1v) is 8.68. The van der Waals surface area contributed by atoms with Crippen LogP contribution in [0.1, 0.15) is 0 Å². The predicted octanol–water partition coefficient (Wildman–Crippen LogP) is 5.76. The van der Waals surface area contributed by atoms with Crippen molar-refractivity contribution >= 4 is 0 Å². The van der Waals surface area contributed by atoms with Crippen molar-refractivity contribution in [1.29, 1.82) is 0 Å². The van der Waals surface area contributed by atoms with Crippen molar-refractivity contribution in [1.82, 2.24) is 9.97 Å². The molecular formula is C23H16F2N2O. The second-order valence-electron chi connectivity index (χ2n) is 6.21. The Morgan fingerprint density at radius 3 is 1.82 bits per heavy atom. The molecule has 28 heavy (non-hydrogen) atoms. The van der Waals surface area contributed by atoms with Crippen LogP contribution in [0.25, 0.3) is 33.9 Å². The van der Waals surface area contributed by atoms with Gasteiger partial charge >= 0.3 is 0 Å². The molecule has 0 atom stereocenters. The van der Waals surface area contributed by atoms with E-state index < -0.39 is 0 Å². The van der Waals surface area contributed by atoms with Crippen LogP contribution in [0, 0.1) is 11.6 Å². The lowest BCUT2D eigenvalue weighted by atomic mass is 10.1. The molecular weight excluding hydrogens is 358 g/mol. The van der Waals surface area contributed by atoms with Gasteiger partial charge in [0.05, 0.1) is 18.5 Å². The van der Waals surface area contributed by atoms with Gasteiger partial charge in [0.2, 0.25) is 0 Å². The minimum absolute atomic E-state index is 0.352. The molecule has 0 unspecified atom stereocenters. The van der Waals surface area contributed by atoms with Gasteiger partial charge in [-0.2, -0.15) is 0 Å². The summed E-state index contributed by atoms with van der Waals surface area (Å²) in [4.78, 5) is 9.15. The molecule has 0 saturated heterocycles. The van der Waals surface area contributed by atoms with Crippen LogP contribution in [0.2, 0.25) is 0 Å². The summed E-state index contributed by atoms with van der Waals surface area (Å²) >= 11 is 0. The second-order valence-corrected chi connectivity index (χ2v) is 6.21. The topological polar surface area (TPSA) is 35.0 Å². The zero-order chi connectivity index (χ0) is 19.5. The first kappa shape index (κ1) is 17.8. The van der Waals surface area contributed by atoms with Crippen molar-refractivity contribution in [2.45, 2.75) is 0 Å². The lowest BCUT2D eigenvalue weighted by molar-refractivity contribution is 0.415. The van der Waals surface area contributed by atoms with Gasteiger partial charge in [-0.3, -0.25) is 0 Å². The van der Waals surface area contributed by atoms with Gasteiger partial charge < -0.3 is 4.74 Å². The Labute approximate surface area is 161 Å². The molecule has 4 rings (SSSR count). The van der Waals surface area contributed by atoms with E-state index >= 15 is 0 Å². The summed E-state index contributed by atoms with van der Waals surface area (Å²) in [7, 11) is 1.60. The number of ether oxygens (including phenoxy) is 1. The van der Waals surface area contributed by atoms with E-state index in [0.29, 0.717) is 28.3 Å². The van der Waals surface area contributed by atoms with E-state index in [4.69, 9.17) is 4.74 Å². The molecule has 3 nitrogen and oxygen atoms in total. The molecule has 5 heteroatoms. The molecule has 0 spiro atoms. The number of aromatic nitrogens is 2. The maximum absolute atomic E-state index is 13.7. The Hall–Kier alpha value is -3.60. The molecule has 0 radical (unpaired) electrons. The molecule has 0 amide bonds. The Balaban J connectivity index is 1.89. The van der Waals surface area contributed by atoms with Gasteiger partial charge in [0.15, 0.2) is 5.82 Å². The molecule has 0 saturated carbocycles. The van der Waals surface area contributed by atoms with Gasteiger partial charge in [-0.05, 0) is 54.6 Å². The highest BCUT2D eigenvalue weighted by molar-refractivity contribution is 5.72. The monoisotopic (exact) mass is 374 g/mol. The molecule has 0 aliphatic heterocycles. The normalized spacial score (nSPS) is 10.7. The van der Waals surface area contributed by atoms with E-state index in [1.807, 2.05) is 24.3 Å². The van der Waals surface area contributed by atoms with Crippen LogP contribution < -0.4 is 4.74 Å². The molecule has 1 aromatic heterocycles. The summed E-state index contributed by atoms with van der Waals surface area (Å²) < 4.78 is 32.6. The second kappa shape index (κ2) is 7.56. The number of rotatable bonds is 4. The van der Waals surface area contributed by atoms with Gasteiger partial charge in [0.25, 0.3) is 0 Å². The van der Waals surface area contributed by atoms with E-state index in [1.54, 1.807) is 37.4 Å². The smallest absolute Gasteiger partial charge is 0.160 e. The van der Waals surface area contributed by atoms with Gasteiger partial charge in [0.1, 0.15) is 17.4 Å². The molecule has 1 heterocycles. The van der Waals surface area contributed by atoms with Crippen molar-refractivity contribution in [3.8, 4) is 39.7 Å². The standard InChI is InChI=1S/C23H16F2N2O/c1-28-20-10-8-15(9-11-20)21-14-22(16-4-2-6-18(24)12-16)27-23(26-21)17-5-3-7-19(25)13-17/h2-14H,1H3. The zero-order valence-corrected chi connectivity index (χ0v) is 15.1. The number of benzene rings is 3. The Morgan fingerprint density at radius 2 is 1.21 bits per heavy atom. The quantitative estimate of drug-likeness (QED) is 0.455. The average molecular weight is 374 g/mol. The number of hydrogen-bond acceptors (Lipinski definition) is 3. The van der Waals surface area contributed by atoms with Crippen LogP contribution in [0.5, 0.6) is 5.75 Å². The maximum Gasteiger partial charge on any atom is 0.160 e. The molecule has 138 valence electrons. The Kier molecular flexibility index (Phi) is 4.81. The largest absolute Gasteiger partial charge is 0.497 e. The van der Waals surface area contributed by atoms with Crippen LogP contribution in [-0.4, -0.2) is 17.1 Å². The highest BCUT2D eigenvalue weighted by Gasteiger charge is 2.11. The van der Waals surface area contributed by atoms with Crippen LogP contribution in [0.4, 0.5) is 8.78 Å². The van der Waals surface area contributed by atoms with E-state index in [1.165, 1.54) is 24.3 Å². The third kappa shape index (κ3) is 3.74. The molecule has 0 aliphatic rings. The highest BCUT2D eigenvalue weighted by Crippen LogP contribution is 2.28. The predicted molar refractivity (Wildman–Crippen MR) is 105 cm³/mol. The zero-order valence-electron chi connectivity index (χ0n) is 15.1. The molecule has 0 fully saturated rings. The maximum atomic E-state index is 13.7. The number of hydrogen-bond donors (Lipinski definition) is 0. The lowest BCUT2D eigenvalue weighted by Gasteiger charge is -2.10. The molecule has 4 aromatic rings. The van der Waals surface area contributed by atoms with Crippen LogP contribution >= 0.6 is 0 Å². The minimum Gasteiger partial charge on any atom is -0.497 e. The van der Waals surface area contributed by atoms with Crippen LogP contribution in [-0.2, 0) is 0 Å². The molecule has 0 aliphatic carbocycles.